The first-order valence-electron chi connectivity index (χ1n) is 5.82. The number of hydrogen-bond acceptors (Lipinski definition) is 4. The average Bonchev–Trinajstić information content (AvgIpc) is 2.67. The lowest BCUT2D eigenvalue weighted by molar-refractivity contribution is 0.318. The number of amidine groups is 1. The van der Waals surface area contributed by atoms with E-state index in [0.717, 1.165) is 12.4 Å². The maximum atomic E-state index is 8.67. The SMILES string of the molecule is CC1CC(C)N(c2cc(/C(N)=N/O)ccn2)C1. The van der Waals surface area contributed by atoms with Crippen LogP contribution < -0.4 is 10.6 Å². The molecule has 3 N–H and O–H groups in total. The molecular formula is C12H18N4O. The van der Waals surface area contributed by atoms with Crippen molar-refractivity contribution < 1.29 is 5.21 Å². The smallest absolute Gasteiger partial charge is 0.170 e. The van der Waals surface area contributed by atoms with Crippen LogP contribution in [0.5, 0.6) is 0 Å². The quantitative estimate of drug-likeness (QED) is 0.351. The Balaban J connectivity index is 2.27. The van der Waals surface area contributed by atoms with Gasteiger partial charge in [-0.3, -0.25) is 0 Å². The first-order valence-corrected chi connectivity index (χ1v) is 5.82. The lowest BCUT2D eigenvalue weighted by Crippen LogP contribution is -2.28. The van der Waals surface area contributed by atoms with E-state index in [4.69, 9.17) is 10.9 Å². The molecule has 2 heterocycles. The monoisotopic (exact) mass is 234 g/mol. The van der Waals surface area contributed by atoms with Gasteiger partial charge < -0.3 is 15.8 Å². The van der Waals surface area contributed by atoms with Gasteiger partial charge in [-0.05, 0) is 31.4 Å². The van der Waals surface area contributed by atoms with Crippen LogP contribution in [0.4, 0.5) is 5.82 Å². The Hall–Kier alpha value is -1.78. The van der Waals surface area contributed by atoms with E-state index in [2.05, 4.69) is 28.9 Å². The molecule has 17 heavy (non-hydrogen) atoms. The van der Waals surface area contributed by atoms with Gasteiger partial charge in [0.15, 0.2) is 5.84 Å². The van der Waals surface area contributed by atoms with Crippen molar-refractivity contribution in [2.45, 2.75) is 26.3 Å². The first kappa shape index (κ1) is 11.7. The number of anilines is 1. The van der Waals surface area contributed by atoms with E-state index in [-0.39, 0.29) is 5.84 Å². The van der Waals surface area contributed by atoms with Gasteiger partial charge in [0.1, 0.15) is 5.82 Å². The summed E-state index contributed by atoms with van der Waals surface area (Å²) in [6.45, 7) is 5.44. The summed E-state index contributed by atoms with van der Waals surface area (Å²) >= 11 is 0. The van der Waals surface area contributed by atoms with Gasteiger partial charge in [-0.25, -0.2) is 4.98 Å². The number of rotatable bonds is 2. The molecule has 0 radical (unpaired) electrons. The third-order valence-electron chi connectivity index (χ3n) is 3.23. The molecule has 2 atom stereocenters. The van der Waals surface area contributed by atoms with Gasteiger partial charge in [0, 0.05) is 24.3 Å². The summed E-state index contributed by atoms with van der Waals surface area (Å²) in [4.78, 5) is 6.62. The van der Waals surface area contributed by atoms with Crippen molar-refractivity contribution in [2.75, 3.05) is 11.4 Å². The second kappa shape index (κ2) is 4.61. The highest BCUT2D eigenvalue weighted by Crippen LogP contribution is 2.27. The molecule has 92 valence electrons. The van der Waals surface area contributed by atoms with Crippen LogP contribution in [0.3, 0.4) is 0 Å². The summed E-state index contributed by atoms with van der Waals surface area (Å²) in [6, 6.07) is 4.09. The van der Waals surface area contributed by atoms with Crippen molar-refractivity contribution >= 4 is 11.7 Å². The van der Waals surface area contributed by atoms with Gasteiger partial charge in [-0.2, -0.15) is 0 Å². The minimum atomic E-state index is 0.119. The Labute approximate surface area is 101 Å². The van der Waals surface area contributed by atoms with E-state index < -0.39 is 0 Å². The fraction of sp³-hybridized carbons (Fsp3) is 0.500. The lowest BCUT2D eigenvalue weighted by atomic mass is 10.1. The van der Waals surface area contributed by atoms with Gasteiger partial charge in [0.05, 0.1) is 0 Å². The molecule has 0 aromatic carbocycles. The van der Waals surface area contributed by atoms with Crippen molar-refractivity contribution in [3.63, 3.8) is 0 Å². The molecule has 1 aromatic rings. The van der Waals surface area contributed by atoms with E-state index >= 15 is 0 Å². The van der Waals surface area contributed by atoms with Crippen LogP contribution in [-0.2, 0) is 0 Å². The molecular weight excluding hydrogens is 216 g/mol. The Morgan fingerprint density at radius 3 is 2.94 bits per heavy atom. The number of nitrogens with two attached hydrogens (primary N) is 1. The van der Waals surface area contributed by atoms with Gasteiger partial charge >= 0.3 is 0 Å². The zero-order valence-electron chi connectivity index (χ0n) is 10.2. The van der Waals surface area contributed by atoms with Gasteiger partial charge in [0.2, 0.25) is 0 Å². The summed E-state index contributed by atoms with van der Waals surface area (Å²) in [5, 5.41) is 11.7. The van der Waals surface area contributed by atoms with E-state index in [1.165, 1.54) is 6.42 Å². The highest BCUT2D eigenvalue weighted by molar-refractivity contribution is 5.97. The predicted molar refractivity (Wildman–Crippen MR) is 67.3 cm³/mol. The fourth-order valence-corrected chi connectivity index (χ4v) is 2.41. The largest absolute Gasteiger partial charge is 0.409 e. The van der Waals surface area contributed by atoms with E-state index in [1.54, 1.807) is 12.3 Å². The third kappa shape index (κ3) is 2.33. The zero-order chi connectivity index (χ0) is 12.4. The molecule has 0 amide bonds. The molecule has 2 rings (SSSR count). The Morgan fingerprint density at radius 1 is 1.59 bits per heavy atom. The van der Waals surface area contributed by atoms with Crippen molar-refractivity contribution in [3.8, 4) is 0 Å². The van der Waals surface area contributed by atoms with Gasteiger partial charge in [-0.15, -0.1) is 0 Å². The number of oxime groups is 1. The predicted octanol–water partition coefficient (Wildman–Crippen LogP) is 1.41. The average molecular weight is 234 g/mol. The maximum absolute atomic E-state index is 8.67. The summed E-state index contributed by atoms with van der Waals surface area (Å²) in [5.74, 6) is 1.69. The minimum absolute atomic E-state index is 0.119. The maximum Gasteiger partial charge on any atom is 0.170 e. The van der Waals surface area contributed by atoms with Crippen LogP contribution in [0.1, 0.15) is 25.8 Å². The molecule has 1 aliphatic rings. The van der Waals surface area contributed by atoms with Crippen LogP contribution in [0.25, 0.3) is 0 Å². The highest BCUT2D eigenvalue weighted by atomic mass is 16.4. The van der Waals surface area contributed by atoms with Crippen LogP contribution >= 0.6 is 0 Å². The van der Waals surface area contributed by atoms with Crippen molar-refractivity contribution in [1.29, 1.82) is 0 Å². The van der Waals surface area contributed by atoms with Crippen LogP contribution in [-0.4, -0.2) is 28.6 Å². The first-order chi connectivity index (χ1) is 8.11. The number of aromatic nitrogens is 1. The molecule has 1 aromatic heterocycles. The van der Waals surface area contributed by atoms with E-state index in [1.807, 2.05) is 6.07 Å². The van der Waals surface area contributed by atoms with Crippen LogP contribution in [0, 0.1) is 5.92 Å². The minimum Gasteiger partial charge on any atom is -0.409 e. The molecule has 0 aliphatic carbocycles. The lowest BCUT2D eigenvalue weighted by Gasteiger charge is -2.22. The summed E-state index contributed by atoms with van der Waals surface area (Å²) < 4.78 is 0. The topological polar surface area (TPSA) is 74.7 Å². The van der Waals surface area contributed by atoms with Crippen LogP contribution in [0.2, 0.25) is 0 Å². The Morgan fingerprint density at radius 2 is 2.35 bits per heavy atom. The standard InChI is InChI=1S/C12H18N4O/c1-8-5-9(2)16(7-8)11-6-10(3-4-14-11)12(13)15-17/h3-4,6,8-9,17H,5,7H2,1-2H3,(H2,13,15). The highest BCUT2D eigenvalue weighted by Gasteiger charge is 2.27. The van der Waals surface area contributed by atoms with Crippen molar-refractivity contribution in [3.05, 3.63) is 23.9 Å². The Kier molecular flexibility index (Phi) is 3.17. The summed E-state index contributed by atoms with van der Waals surface area (Å²) in [6.07, 6.45) is 2.87. The zero-order valence-corrected chi connectivity index (χ0v) is 10.2. The second-order valence-electron chi connectivity index (χ2n) is 4.73. The van der Waals surface area contributed by atoms with Crippen LogP contribution in [0.15, 0.2) is 23.5 Å². The third-order valence-corrected chi connectivity index (χ3v) is 3.23. The molecule has 1 aliphatic heterocycles. The molecule has 0 bridgehead atoms. The molecule has 0 spiro atoms. The molecule has 5 nitrogen and oxygen atoms in total. The molecule has 0 saturated carbocycles. The van der Waals surface area contributed by atoms with Gasteiger partial charge in [-0.1, -0.05) is 12.1 Å². The Bertz CT molecular complexity index is 432. The van der Waals surface area contributed by atoms with E-state index in [9.17, 15) is 0 Å². The van der Waals surface area contributed by atoms with Crippen molar-refractivity contribution in [1.82, 2.24) is 4.98 Å². The van der Waals surface area contributed by atoms with Crippen molar-refractivity contribution in [2.24, 2.45) is 16.8 Å². The van der Waals surface area contributed by atoms with Gasteiger partial charge in [0.25, 0.3) is 0 Å². The molecule has 5 heteroatoms. The fourth-order valence-electron chi connectivity index (χ4n) is 2.41. The summed E-state index contributed by atoms with van der Waals surface area (Å²) in [7, 11) is 0. The van der Waals surface area contributed by atoms with E-state index in [0.29, 0.717) is 17.5 Å². The molecule has 1 saturated heterocycles. The molecule has 1 fully saturated rings. The second-order valence-corrected chi connectivity index (χ2v) is 4.73. The number of pyridine rings is 1. The molecule has 2 unspecified atom stereocenters. The number of hydrogen-bond donors (Lipinski definition) is 2. The number of nitrogens with zero attached hydrogens (tertiary/aromatic N) is 3. The normalized spacial score (nSPS) is 25.3. The summed E-state index contributed by atoms with van der Waals surface area (Å²) in [5.41, 5.74) is 6.28.